The van der Waals surface area contributed by atoms with Crippen molar-refractivity contribution in [2.45, 2.75) is 51.9 Å². The van der Waals surface area contributed by atoms with Crippen LogP contribution in [0.25, 0.3) is 0 Å². The summed E-state index contributed by atoms with van der Waals surface area (Å²) in [5.41, 5.74) is 0. The van der Waals surface area contributed by atoms with Crippen molar-refractivity contribution in [3.63, 3.8) is 0 Å². The van der Waals surface area contributed by atoms with Gasteiger partial charge in [-0.2, -0.15) is 0 Å². The summed E-state index contributed by atoms with van der Waals surface area (Å²) in [7, 11) is 0. The minimum atomic E-state index is -0.474. The van der Waals surface area contributed by atoms with E-state index in [1.165, 1.54) is 0 Å². The van der Waals surface area contributed by atoms with Gasteiger partial charge < -0.3 is 20.5 Å². The number of ether oxygens (including phenoxy) is 1. The van der Waals surface area contributed by atoms with Crippen LogP contribution in [0, 0.1) is 5.92 Å². The molecule has 0 saturated carbocycles. The number of carbonyl (C=O) groups is 1. The summed E-state index contributed by atoms with van der Waals surface area (Å²) in [6.45, 7) is 7.03. The molecule has 1 saturated heterocycles. The zero-order chi connectivity index (χ0) is 12.8. The van der Waals surface area contributed by atoms with Crippen LogP contribution in [0.15, 0.2) is 0 Å². The van der Waals surface area contributed by atoms with Gasteiger partial charge in [0.1, 0.15) is 0 Å². The van der Waals surface area contributed by atoms with E-state index in [0.717, 1.165) is 6.42 Å². The molecule has 3 N–H and O–H groups in total. The van der Waals surface area contributed by atoms with Gasteiger partial charge in [0.05, 0.1) is 18.2 Å². The minimum Gasteiger partial charge on any atom is -0.391 e. The van der Waals surface area contributed by atoms with Crippen molar-refractivity contribution in [2.75, 3.05) is 13.2 Å². The lowest BCUT2D eigenvalue weighted by Crippen LogP contribution is -2.46. The number of hydrogen-bond acceptors (Lipinski definition) is 3. The average Bonchev–Trinajstić information content (AvgIpc) is 2.61. The van der Waals surface area contributed by atoms with Gasteiger partial charge in [-0.15, -0.1) is 0 Å². The largest absolute Gasteiger partial charge is 0.391 e. The molecular formula is C12H24N2O3. The van der Waals surface area contributed by atoms with Gasteiger partial charge in [-0.1, -0.05) is 13.8 Å². The molecule has 17 heavy (non-hydrogen) atoms. The molecule has 5 heteroatoms. The summed E-state index contributed by atoms with van der Waals surface area (Å²) in [6.07, 6.45) is 1.14. The molecule has 0 radical (unpaired) electrons. The number of hydrogen-bond donors (Lipinski definition) is 3. The van der Waals surface area contributed by atoms with Crippen molar-refractivity contribution in [1.29, 1.82) is 0 Å². The molecule has 1 fully saturated rings. The van der Waals surface area contributed by atoms with Crippen LogP contribution in [-0.4, -0.2) is 42.5 Å². The van der Waals surface area contributed by atoms with Crippen molar-refractivity contribution >= 4 is 6.03 Å². The highest BCUT2D eigenvalue weighted by atomic mass is 16.5. The fraction of sp³-hybridized carbons (Fsp3) is 0.917. The van der Waals surface area contributed by atoms with E-state index < -0.39 is 6.10 Å². The molecular weight excluding hydrogens is 220 g/mol. The first-order valence-corrected chi connectivity index (χ1v) is 6.33. The highest BCUT2D eigenvalue weighted by molar-refractivity contribution is 5.74. The Labute approximate surface area is 103 Å². The van der Waals surface area contributed by atoms with Gasteiger partial charge in [-0.05, 0) is 25.7 Å². The molecule has 3 atom stereocenters. The molecule has 0 aliphatic carbocycles. The number of nitrogens with one attached hydrogen (secondary N) is 2. The van der Waals surface area contributed by atoms with E-state index in [2.05, 4.69) is 10.6 Å². The molecule has 3 unspecified atom stereocenters. The average molecular weight is 244 g/mol. The molecule has 5 nitrogen and oxygen atoms in total. The fourth-order valence-corrected chi connectivity index (χ4v) is 1.98. The van der Waals surface area contributed by atoms with E-state index in [4.69, 9.17) is 4.74 Å². The van der Waals surface area contributed by atoms with E-state index in [1.54, 1.807) is 0 Å². The van der Waals surface area contributed by atoms with Gasteiger partial charge in [0.25, 0.3) is 0 Å². The van der Waals surface area contributed by atoms with Crippen LogP contribution >= 0.6 is 0 Å². The Morgan fingerprint density at radius 1 is 1.53 bits per heavy atom. The van der Waals surface area contributed by atoms with Gasteiger partial charge in [0.15, 0.2) is 0 Å². The topological polar surface area (TPSA) is 70.6 Å². The second-order valence-electron chi connectivity index (χ2n) is 5.11. The van der Waals surface area contributed by atoms with Gasteiger partial charge in [0.2, 0.25) is 0 Å². The van der Waals surface area contributed by atoms with E-state index in [9.17, 15) is 9.90 Å². The van der Waals surface area contributed by atoms with Crippen LogP contribution in [0.2, 0.25) is 0 Å². The van der Waals surface area contributed by atoms with Crippen LogP contribution in [0.1, 0.15) is 33.6 Å². The van der Waals surface area contributed by atoms with Crippen LogP contribution < -0.4 is 10.6 Å². The summed E-state index contributed by atoms with van der Waals surface area (Å²) < 4.78 is 5.35. The SMILES string of the molecule is CC(C)CC(O)CNC(=O)NC1CCOC1C. The predicted molar refractivity (Wildman–Crippen MR) is 65.8 cm³/mol. The van der Waals surface area contributed by atoms with E-state index in [0.29, 0.717) is 25.5 Å². The molecule has 0 bridgehead atoms. The highest BCUT2D eigenvalue weighted by Gasteiger charge is 2.25. The van der Waals surface area contributed by atoms with Crippen molar-refractivity contribution in [3.05, 3.63) is 0 Å². The van der Waals surface area contributed by atoms with Crippen molar-refractivity contribution in [1.82, 2.24) is 10.6 Å². The fourth-order valence-electron chi connectivity index (χ4n) is 1.98. The van der Waals surface area contributed by atoms with Gasteiger partial charge in [0, 0.05) is 13.2 Å². The predicted octanol–water partition coefficient (Wildman–Crippen LogP) is 0.870. The number of carbonyl (C=O) groups excluding carboxylic acids is 1. The first-order valence-electron chi connectivity index (χ1n) is 6.33. The van der Waals surface area contributed by atoms with E-state index in [1.807, 2.05) is 20.8 Å². The number of amides is 2. The summed E-state index contributed by atoms with van der Waals surface area (Å²) in [6, 6.07) is -0.146. The Kier molecular flexibility index (Phi) is 5.71. The Bertz CT molecular complexity index is 246. The quantitative estimate of drug-likeness (QED) is 0.672. The zero-order valence-electron chi connectivity index (χ0n) is 10.9. The maximum atomic E-state index is 11.5. The number of aliphatic hydroxyl groups excluding tert-OH is 1. The summed E-state index contributed by atoms with van der Waals surface area (Å²) in [5.74, 6) is 0.429. The van der Waals surface area contributed by atoms with Gasteiger partial charge in [-0.3, -0.25) is 0 Å². The Balaban J connectivity index is 2.16. The first kappa shape index (κ1) is 14.3. The summed E-state index contributed by atoms with van der Waals surface area (Å²) >= 11 is 0. The van der Waals surface area contributed by atoms with Crippen molar-refractivity contribution in [2.24, 2.45) is 5.92 Å². The third kappa shape index (κ3) is 5.37. The Morgan fingerprint density at radius 3 is 2.76 bits per heavy atom. The highest BCUT2D eigenvalue weighted by Crippen LogP contribution is 2.12. The van der Waals surface area contributed by atoms with E-state index >= 15 is 0 Å². The third-order valence-electron chi connectivity index (χ3n) is 2.93. The van der Waals surface area contributed by atoms with Crippen molar-refractivity contribution < 1.29 is 14.6 Å². The first-order chi connectivity index (χ1) is 7.99. The molecule has 100 valence electrons. The molecule has 1 rings (SSSR count). The molecule has 1 aliphatic rings. The molecule has 0 aromatic rings. The lowest BCUT2D eigenvalue weighted by molar-refractivity contribution is 0.113. The molecule has 0 spiro atoms. The molecule has 0 aromatic carbocycles. The van der Waals surface area contributed by atoms with Crippen LogP contribution in [0.4, 0.5) is 4.79 Å². The molecule has 1 aliphatic heterocycles. The standard InChI is InChI=1S/C12H24N2O3/c1-8(2)6-10(15)7-13-12(16)14-11-4-5-17-9(11)3/h8-11,15H,4-7H2,1-3H3,(H2,13,14,16). The van der Waals surface area contributed by atoms with E-state index in [-0.39, 0.29) is 18.2 Å². The Hall–Kier alpha value is -0.810. The lowest BCUT2D eigenvalue weighted by Gasteiger charge is -2.18. The van der Waals surface area contributed by atoms with Gasteiger partial charge in [-0.25, -0.2) is 4.79 Å². The second kappa shape index (κ2) is 6.81. The maximum Gasteiger partial charge on any atom is 0.315 e. The van der Waals surface area contributed by atoms with Crippen LogP contribution in [0.3, 0.4) is 0 Å². The minimum absolute atomic E-state index is 0.0707. The lowest BCUT2D eigenvalue weighted by atomic mass is 10.1. The maximum absolute atomic E-state index is 11.5. The summed E-state index contributed by atoms with van der Waals surface area (Å²) in [5, 5.41) is 15.1. The second-order valence-corrected chi connectivity index (χ2v) is 5.11. The molecule has 0 aromatic heterocycles. The monoisotopic (exact) mass is 244 g/mol. The van der Waals surface area contributed by atoms with Crippen LogP contribution in [0.5, 0.6) is 0 Å². The smallest absolute Gasteiger partial charge is 0.315 e. The van der Waals surface area contributed by atoms with Gasteiger partial charge >= 0.3 is 6.03 Å². The third-order valence-corrected chi connectivity index (χ3v) is 2.93. The normalized spacial score (nSPS) is 25.9. The Morgan fingerprint density at radius 2 is 2.24 bits per heavy atom. The molecule has 2 amide bonds. The summed E-state index contributed by atoms with van der Waals surface area (Å²) in [4.78, 5) is 11.5. The van der Waals surface area contributed by atoms with Crippen LogP contribution in [-0.2, 0) is 4.74 Å². The van der Waals surface area contributed by atoms with Crippen molar-refractivity contribution in [3.8, 4) is 0 Å². The number of aliphatic hydroxyl groups is 1. The number of urea groups is 1. The number of rotatable bonds is 5. The molecule has 1 heterocycles. The zero-order valence-corrected chi connectivity index (χ0v) is 10.9.